The second-order valence-corrected chi connectivity index (χ2v) is 5.19. The number of nitrogens with one attached hydrogen (secondary N) is 1. The average Bonchev–Trinajstić information content (AvgIpc) is 2.44. The molecule has 21 heavy (non-hydrogen) atoms. The molecule has 1 unspecified atom stereocenters. The molecular weight excluding hydrogens is 299 g/mol. The molecule has 2 rings (SSSR count). The highest BCUT2D eigenvalue weighted by molar-refractivity contribution is 6.30. The zero-order valence-electron chi connectivity index (χ0n) is 11.7. The molecule has 5 heteroatoms. The standard InChI is InChI=1S/C16H15ClF3N/c1-3-21-16(10-4-5-13(18)12(17)7-10)11-6-9(2)14(19)8-15(11)20/h4-8,16,21H,3H2,1-2H3. The van der Waals surface area contributed by atoms with Crippen LogP contribution in [0.2, 0.25) is 5.02 Å². The lowest BCUT2D eigenvalue weighted by atomic mass is 9.96. The van der Waals surface area contributed by atoms with Gasteiger partial charge in [-0.05, 0) is 42.8 Å². The smallest absolute Gasteiger partial charge is 0.141 e. The molecular formula is C16H15ClF3N. The molecule has 0 heterocycles. The van der Waals surface area contributed by atoms with Gasteiger partial charge in [0.2, 0.25) is 0 Å². The Labute approximate surface area is 126 Å². The fourth-order valence-corrected chi connectivity index (χ4v) is 2.39. The van der Waals surface area contributed by atoms with E-state index >= 15 is 0 Å². The van der Waals surface area contributed by atoms with Gasteiger partial charge in [-0.1, -0.05) is 24.6 Å². The molecule has 1 N–H and O–H groups in total. The topological polar surface area (TPSA) is 12.0 Å². The molecule has 0 aliphatic rings. The maximum atomic E-state index is 14.1. The third kappa shape index (κ3) is 3.39. The van der Waals surface area contributed by atoms with Gasteiger partial charge in [0.1, 0.15) is 17.5 Å². The van der Waals surface area contributed by atoms with Crippen molar-refractivity contribution >= 4 is 11.6 Å². The van der Waals surface area contributed by atoms with Gasteiger partial charge in [0.05, 0.1) is 11.1 Å². The number of rotatable bonds is 4. The first-order valence-corrected chi connectivity index (χ1v) is 6.95. The Morgan fingerprint density at radius 3 is 2.38 bits per heavy atom. The lowest BCUT2D eigenvalue weighted by molar-refractivity contribution is 0.537. The summed E-state index contributed by atoms with van der Waals surface area (Å²) in [7, 11) is 0. The van der Waals surface area contributed by atoms with Crippen LogP contribution in [-0.4, -0.2) is 6.54 Å². The molecule has 0 radical (unpaired) electrons. The first-order chi connectivity index (χ1) is 9.93. The molecule has 0 saturated heterocycles. The maximum absolute atomic E-state index is 14.1. The van der Waals surface area contributed by atoms with Crippen molar-refractivity contribution in [2.24, 2.45) is 0 Å². The summed E-state index contributed by atoms with van der Waals surface area (Å²) in [6, 6.07) is 6.01. The van der Waals surface area contributed by atoms with E-state index in [0.717, 1.165) is 6.07 Å². The summed E-state index contributed by atoms with van der Waals surface area (Å²) in [5.41, 5.74) is 1.27. The highest BCUT2D eigenvalue weighted by Crippen LogP contribution is 2.29. The highest BCUT2D eigenvalue weighted by atomic mass is 35.5. The minimum atomic E-state index is -0.649. The van der Waals surface area contributed by atoms with E-state index in [9.17, 15) is 13.2 Å². The van der Waals surface area contributed by atoms with E-state index in [0.29, 0.717) is 23.2 Å². The average molecular weight is 314 g/mol. The summed E-state index contributed by atoms with van der Waals surface area (Å²) < 4.78 is 40.8. The van der Waals surface area contributed by atoms with E-state index in [2.05, 4.69) is 5.32 Å². The van der Waals surface area contributed by atoms with Crippen LogP contribution < -0.4 is 5.32 Å². The van der Waals surface area contributed by atoms with Crippen molar-refractivity contribution in [1.82, 2.24) is 5.32 Å². The monoisotopic (exact) mass is 313 g/mol. The molecule has 1 nitrogen and oxygen atoms in total. The summed E-state index contributed by atoms with van der Waals surface area (Å²) in [6.07, 6.45) is 0. The van der Waals surface area contributed by atoms with E-state index in [-0.39, 0.29) is 5.02 Å². The van der Waals surface area contributed by atoms with Crippen LogP contribution in [0.4, 0.5) is 13.2 Å². The number of hydrogen-bond donors (Lipinski definition) is 1. The fraction of sp³-hybridized carbons (Fsp3) is 0.250. The van der Waals surface area contributed by atoms with E-state index in [1.165, 1.54) is 24.3 Å². The molecule has 0 bridgehead atoms. The Balaban J connectivity index is 2.52. The van der Waals surface area contributed by atoms with Crippen molar-refractivity contribution in [3.8, 4) is 0 Å². The van der Waals surface area contributed by atoms with Crippen LogP contribution in [-0.2, 0) is 0 Å². The summed E-state index contributed by atoms with van der Waals surface area (Å²) in [6.45, 7) is 4.00. The van der Waals surface area contributed by atoms with Crippen molar-refractivity contribution in [2.45, 2.75) is 19.9 Å². The number of halogens is 4. The summed E-state index contributed by atoms with van der Waals surface area (Å²) >= 11 is 5.79. The fourth-order valence-electron chi connectivity index (χ4n) is 2.20. The molecule has 0 amide bonds. The zero-order chi connectivity index (χ0) is 15.6. The van der Waals surface area contributed by atoms with Gasteiger partial charge in [0, 0.05) is 11.6 Å². The Morgan fingerprint density at radius 1 is 1.05 bits per heavy atom. The number of aryl methyl sites for hydroxylation is 1. The van der Waals surface area contributed by atoms with Crippen LogP contribution >= 0.6 is 11.6 Å². The van der Waals surface area contributed by atoms with E-state index in [1.807, 2.05) is 6.92 Å². The lowest BCUT2D eigenvalue weighted by Gasteiger charge is -2.20. The summed E-state index contributed by atoms with van der Waals surface area (Å²) in [4.78, 5) is 0. The molecule has 2 aromatic carbocycles. The van der Waals surface area contributed by atoms with E-state index < -0.39 is 23.5 Å². The second kappa shape index (κ2) is 6.50. The maximum Gasteiger partial charge on any atom is 0.141 e. The zero-order valence-corrected chi connectivity index (χ0v) is 12.4. The highest BCUT2D eigenvalue weighted by Gasteiger charge is 2.19. The van der Waals surface area contributed by atoms with Crippen molar-refractivity contribution in [3.05, 3.63) is 69.5 Å². The molecule has 0 aliphatic carbocycles. The lowest BCUT2D eigenvalue weighted by Crippen LogP contribution is -2.23. The van der Waals surface area contributed by atoms with Crippen LogP contribution in [0.25, 0.3) is 0 Å². The van der Waals surface area contributed by atoms with Crippen LogP contribution in [0.5, 0.6) is 0 Å². The molecule has 0 spiro atoms. The Kier molecular flexibility index (Phi) is 4.91. The first-order valence-electron chi connectivity index (χ1n) is 6.58. The molecule has 1 atom stereocenters. The van der Waals surface area contributed by atoms with Crippen LogP contribution in [0.1, 0.15) is 29.7 Å². The first kappa shape index (κ1) is 15.9. The normalized spacial score (nSPS) is 12.5. The van der Waals surface area contributed by atoms with E-state index in [1.54, 1.807) is 6.92 Å². The number of benzene rings is 2. The van der Waals surface area contributed by atoms with Crippen LogP contribution in [0.3, 0.4) is 0 Å². The third-order valence-corrected chi connectivity index (χ3v) is 3.56. The van der Waals surface area contributed by atoms with Crippen LogP contribution in [0.15, 0.2) is 30.3 Å². The van der Waals surface area contributed by atoms with E-state index in [4.69, 9.17) is 11.6 Å². The van der Waals surface area contributed by atoms with Gasteiger partial charge in [-0.15, -0.1) is 0 Å². The van der Waals surface area contributed by atoms with Gasteiger partial charge in [-0.3, -0.25) is 0 Å². The summed E-state index contributed by atoms with van der Waals surface area (Å²) in [5.74, 6) is -1.78. The predicted octanol–water partition coefficient (Wildman–Crippen LogP) is 4.76. The quantitative estimate of drug-likeness (QED) is 0.857. The van der Waals surface area contributed by atoms with Gasteiger partial charge in [0.15, 0.2) is 0 Å². The minimum absolute atomic E-state index is 0.0327. The van der Waals surface area contributed by atoms with Crippen molar-refractivity contribution in [1.29, 1.82) is 0 Å². The molecule has 0 aromatic heterocycles. The van der Waals surface area contributed by atoms with Gasteiger partial charge in [-0.2, -0.15) is 0 Å². The molecule has 0 saturated carbocycles. The van der Waals surface area contributed by atoms with Gasteiger partial charge in [0.25, 0.3) is 0 Å². The Bertz CT molecular complexity index is 658. The molecule has 2 aromatic rings. The predicted molar refractivity (Wildman–Crippen MR) is 78.0 cm³/mol. The SMILES string of the molecule is CCNC(c1ccc(F)c(Cl)c1)c1cc(C)c(F)cc1F. The minimum Gasteiger partial charge on any atom is -0.306 e. The molecule has 0 fully saturated rings. The Morgan fingerprint density at radius 2 is 1.76 bits per heavy atom. The second-order valence-electron chi connectivity index (χ2n) is 4.79. The Hall–Kier alpha value is -1.52. The van der Waals surface area contributed by atoms with Crippen LogP contribution in [0, 0.1) is 24.4 Å². The van der Waals surface area contributed by atoms with Crippen molar-refractivity contribution in [3.63, 3.8) is 0 Å². The van der Waals surface area contributed by atoms with Gasteiger partial charge in [-0.25, -0.2) is 13.2 Å². The third-order valence-electron chi connectivity index (χ3n) is 3.27. The largest absolute Gasteiger partial charge is 0.306 e. The number of hydrogen-bond acceptors (Lipinski definition) is 1. The van der Waals surface area contributed by atoms with Gasteiger partial charge < -0.3 is 5.32 Å². The molecule has 112 valence electrons. The van der Waals surface area contributed by atoms with Gasteiger partial charge >= 0.3 is 0 Å². The van der Waals surface area contributed by atoms with Crippen molar-refractivity contribution < 1.29 is 13.2 Å². The van der Waals surface area contributed by atoms with Crippen molar-refractivity contribution in [2.75, 3.05) is 6.54 Å². The molecule has 0 aliphatic heterocycles. The summed E-state index contributed by atoms with van der Waals surface area (Å²) in [5, 5.41) is 3.07.